The van der Waals surface area contributed by atoms with Gasteiger partial charge < -0.3 is 29.2 Å². The topological polar surface area (TPSA) is 57.8 Å². The van der Waals surface area contributed by atoms with Crippen LogP contribution in [0, 0.1) is 33.0 Å². The van der Waals surface area contributed by atoms with Gasteiger partial charge in [0.1, 0.15) is 5.75 Å². The summed E-state index contributed by atoms with van der Waals surface area (Å²) in [5, 5.41) is 0. The molecule has 15 heteroatoms. The average Bonchev–Trinajstić information content (AvgIpc) is 0.799. The standard InChI is InChI=1S/C20H39N3.C19H37N3.C19H30N2O.C17H30F2N2.C17H32N2/c1-19(2,3)23-15-9-20(10-16-23)7-13-22(14-8-20)17-18-5-11-21(4)12-6-18;1-18(2,3)22-15-9-19(10-16-22)7-13-21(14-8-19)17-5-11-20(4)12-6-17;1-18(2,3)21-14-10-19(11-15-21)8-4-16(5-9-19)22-17-6-12-20-13-7-17;1-15(2,3)21-10-8-16(9-11-21)6-4-14(5-7-16)20-12-17(18,19)13-20;1-16(2,3)19-13-9-17(10-14-19)7-5-15(6-8-17)18-11-4-12-18/h18H,5-17H2,1-4H3;17H,5-16H2,1-4H3;6-7,12-13,16H,4-5,8-11,14-15H2,1-3H3;14H,4-13H2,1-3H3;15H,4-14H2,1-3H3. The van der Waals surface area contributed by atoms with Crippen molar-refractivity contribution in [3.8, 4) is 5.75 Å². The van der Waals surface area contributed by atoms with Crippen molar-refractivity contribution in [3.05, 3.63) is 24.5 Å². The first kappa shape index (κ1) is 86.2. The highest BCUT2D eigenvalue weighted by Crippen LogP contribution is 2.51. The number of aromatic nitrogens is 1. The fraction of sp³-hybridized carbons (Fsp3) is 0.946. The first-order chi connectivity index (χ1) is 50.4. The van der Waals surface area contributed by atoms with E-state index in [0.717, 1.165) is 42.0 Å². The normalized spacial score (nSPS) is 28.9. The molecule has 3 aliphatic carbocycles. The molecule has 0 bridgehead atoms. The summed E-state index contributed by atoms with van der Waals surface area (Å²) in [4.78, 5) is 32.7. The van der Waals surface area contributed by atoms with Crippen LogP contribution in [0.25, 0.3) is 0 Å². The number of hydrogen-bond donors (Lipinski definition) is 0. The maximum absolute atomic E-state index is 13.0. The van der Waals surface area contributed by atoms with E-state index in [0.29, 0.717) is 56.0 Å². The van der Waals surface area contributed by atoms with Crippen LogP contribution in [-0.4, -0.2) is 281 Å². The minimum absolute atomic E-state index is 0.00245. The largest absolute Gasteiger partial charge is 0.490 e. The molecule has 0 N–H and O–H groups in total. The second kappa shape index (κ2) is 36.3. The molecule has 3 saturated carbocycles. The Labute approximate surface area is 657 Å². The molecule has 0 atom stereocenters. The number of nitrogens with zero attached hydrogens (tertiary/aromatic N) is 12. The number of ether oxygens (including phenoxy) is 1. The van der Waals surface area contributed by atoms with Crippen LogP contribution < -0.4 is 4.74 Å². The van der Waals surface area contributed by atoms with E-state index >= 15 is 0 Å². The third kappa shape index (κ3) is 24.3. The third-order valence-electron chi connectivity index (χ3n) is 32.0. The van der Waals surface area contributed by atoms with Crippen LogP contribution in [0.4, 0.5) is 8.78 Å². The summed E-state index contributed by atoms with van der Waals surface area (Å²) in [6, 6.07) is 6.18. The average molecular weight is 1500 g/mol. The highest BCUT2D eigenvalue weighted by atomic mass is 19.3. The van der Waals surface area contributed by atoms with Crippen LogP contribution in [0.5, 0.6) is 5.75 Å². The summed E-state index contributed by atoms with van der Waals surface area (Å²) in [6.45, 7) is 62.9. The predicted octanol–water partition coefficient (Wildman–Crippen LogP) is 17.9. The van der Waals surface area contributed by atoms with E-state index in [1.54, 1.807) is 0 Å². The van der Waals surface area contributed by atoms with Crippen molar-refractivity contribution in [1.82, 2.24) is 58.9 Å². The van der Waals surface area contributed by atoms with Crippen molar-refractivity contribution in [2.45, 2.75) is 361 Å². The maximum atomic E-state index is 13.0. The van der Waals surface area contributed by atoms with E-state index in [9.17, 15) is 8.78 Å². The Balaban J connectivity index is 0.000000133. The fourth-order valence-corrected chi connectivity index (χ4v) is 22.9. The lowest BCUT2D eigenvalue weighted by atomic mass is 9.66. The van der Waals surface area contributed by atoms with Crippen LogP contribution in [0.3, 0.4) is 0 Å². The summed E-state index contributed by atoms with van der Waals surface area (Å²) in [7, 11) is 4.54. The number of rotatable bonds is 7. The number of likely N-dealkylation sites (tertiary alicyclic amines) is 11. The summed E-state index contributed by atoms with van der Waals surface area (Å²) in [5.41, 5.74) is 4.90. The van der Waals surface area contributed by atoms with E-state index in [2.05, 4.69) is 172 Å². The fourth-order valence-electron chi connectivity index (χ4n) is 22.9. The quantitative estimate of drug-likeness (QED) is 0.261. The molecule has 1 aromatic rings. The van der Waals surface area contributed by atoms with Crippen molar-refractivity contribution in [3.63, 3.8) is 0 Å². The van der Waals surface area contributed by atoms with Crippen molar-refractivity contribution in [1.29, 1.82) is 0 Å². The Morgan fingerprint density at radius 1 is 0.336 bits per heavy atom. The van der Waals surface area contributed by atoms with Gasteiger partial charge in [0.2, 0.25) is 0 Å². The Kier molecular flexibility index (Phi) is 29.2. The van der Waals surface area contributed by atoms with Crippen LogP contribution in [0.2, 0.25) is 0 Å². The van der Waals surface area contributed by atoms with Crippen LogP contribution in [0.1, 0.15) is 303 Å². The van der Waals surface area contributed by atoms with Gasteiger partial charge in [-0.2, -0.15) is 0 Å². The molecule has 1 aromatic heterocycles. The third-order valence-corrected chi connectivity index (χ3v) is 32.0. The molecule has 0 aromatic carbocycles. The zero-order valence-electron chi connectivity index (χ0n) is 72.9. The van der Waals surface area contributed by atoms with E-state index in [4.69, 9.17) is 4.74 Å². The van der Waals surface area contributed by atoms with E-state index in [1.165, 1.54) is 324 Å². The molecule has 12 heterocycles. The van der Waals surface area contributed by atoms with Crippen molar-refractivity contribution in [2.24, 2.45) is 33.0 Å². The van der Waals surface area contributed by atoms with Gasteiger partial charge in [0.05, 0.1) is 19.2 Å². The van der Waals surface area contributed by atoms with Gasteiger partial charge in [-0.05, 0) is 493 Å². The molecule has 14 fully saturated rings. The molecule has 14 aliphatic rings. The summed E-state index contributed by atoms with van der Waals surface area (Å²) in [6.07, 6.45) is 46.7. The van der Waals surface area contributed by atoms with Gasteiger partial charge in [-0.25, -0.2) is 8.78 Å². The van der Waals surface area contributed by atoms with Crippen LogP contribution in [0.15, 0.2) is 24.5 Å². The van der Waals surface area contributed by atoms with E-state index < -0.39 is 5.92 Å². The number of alkyl halides is 2. The highest BCUT2D eigenvalue weighted by Gasteiger charge is 2.50. The summed E-state index contributed by atoms with van der Waals surface area (Å²) >= 11 is 0. The SMILES string of the molecule is CC(C)(C)N1CCC2(CCC(N3CC(F)(F)C3)CC2)CC1.CC(C)(C)N1CCC2(CCC(N3CCC3)CC2)CC1.CC(C)(C)N1CCC2(CCC(Oc3ccncc3)CC2)CC1.CN1CCC(CN2CCC3(CC2)CCN(C(C)(C)C)CC3)CC1.CN1CCC(N2CCC3(CC2)CCN(C(C)(C)C)CC3)CC1. The lowest BCUT2D eigenvalue weighted by Crippen LogP contribution is -2.61. The molecule has 5 spiro atoms. The lowest BCUT2D eigenvalue weighted by molar-refractivity contribution is -0.154. The van der Waals surface area contributed by atoms with Crippen molar-refractivity contribution >= 4 is 0 Å². The number of hydrogen-bond acceptors (Lipinski definition) is 13. The smallest absolute Gasteiger partial charge is 0.272 e. The van der Waals surface area contributed by atoms with Gasteiger partial charge in [0.15, 0.2) is 0 Å². The number of pyridine rings is 1. The minimum Gasteiger partial charge on any atom is -0.490 e. The molecular formula is C92H168F2N12O. The predicted molar refractivity (Wildman–Crippen MR) is 447 cm³/mol. The Morgan fingerprint density at radius 2 is 0.617 bits per heavy atom. The molecule has 11 aliphatic heterocycles. The zero-order chi connectivity index (χ0) is 76.7. The second-order valence-electron chi connectivity index (χ2n) is 44.0. The van der Waals surface area contributed by atoms with Gasteiger partial charge in [0, 0.05) is 64.8 Å². The van der Waals surface area contributed by atoms with Crippen LogP contribution in [-0.2, 0) is 0 Å². The molecule has 616 valence electrons. The zero-order valence-corrected chi connectivity index (χ0v) is 72.9. The molecule has 0 unspecified atom stereocenters. The first-order valence-electron chi connectivity index (χ1n) is 45.4. The van der Waals surface area contributed by atoms with Crippen LogP contribution >= 0.6 is 0 Å². The van der Waals surface area contributed by atoms with Crippen molar-refractivity contribution < 1.29 is 13.5 Å². The molecule has 15 rings (SSSR count). The minimum atomic E-state index is -2.41. The molecule has 107 heavy (non-hydrogen) atoms. The molecule has 13 nitrogen and oxygen atoms in total. The second-order valence-corrected chi connectivity index (χ2v) is 44.0. The first-order valence-corrected chi connectivity index (χ1v) is 45.4. The molecule has 0 amide bonds. The molecule has 0 radical (unpaired) electrons. The Morgan fingerprint density at radius 3 is 0.935 bits per heavy atom. The number of halogens is 2. The van der Waals surface area contributed by atoms with Gasteiger partial charge in [-0.15, -0.1) is 0 Å². The Hall–Kier alpha value is -1.63. The summed E-state index contributed by atoms with van der Waals surface area (Å²) < 4.78 is 32.1. The molecular weight excluding hydrogens is 1330 g/mol. The maximum Gasteiger partial charge on any atom is 0.272 e. The highest BCUT2D eigenvalue weighted by molar-refractivity contribution is 5.17. The summed E-state index contributed by atoms with van der Waals surface area (Å²) in [5.74, 6) is -0.478. The Bertz CT molecular complexity index is 2700. The molecule has 11 saturated heterocycles. The monoisotopic (exact) mass is 1500 g/mol. The van der Waals surface area contributed by atoms with Crippen molar-refractivity contribution in [2.75, 3.05) is 165 Å². The van der Waals surface area contributed by atoms with E-state index in [-0.39, 0.29) is 18.6 Å². The number of piperidine rings is 9. The van der Waals surface area contributed by atoms with E-state index in [1.807, 2.05) is 29.4 Å². The van der Waals surface area contributed by atoms with Gasteiger partial charge in [0.25, 0.3) is 5.92 Å². The van der Waals surface area contributed by atoms with Gasteiger partial charge in [-0.3, -0.25) is 34.4 Å². The lowest BCUT2D eigenvalue weighted by Gasteiger charge is -2.52. The van der Waals surface area contributed by atoms with Gasteiger partial charge >= 0.3 is 0 Å². The van der Waals surface area contributed by atoms with Gasteiger partial charge in [-0.1, -0.05) is 0 Å².